The first-order valence-electron chi connectivity index (χ1n) is 13.2. The van der Waals surface area contributed by atoms with Gasteiger partial charge >= 0.3 is 0 Å². The van der Waals surface area contributed by atoms with Crippen LogP contribution in [0.15, 0.2) is 65.4 Å². The zero-order valence-corrected chi connectivity index (χ0v) is 22.3. The molecule has 2 aliphatic heterocycles. The fraction of sp³-hybridized carbons (Fsp3) is 0.267. The van der Waals surface area contributed by atoms with Crippen LogP contribution in [0.4, 0.5) is 21.5 Å². The molecule has 6 rings (SSSR count). The van der Waals surface area contributed by atoms with Crippen LogP contribution in [-0.4, -0.2) is 53.0 Å². The molecule has 2 amide bonds. The Balaban J connectivity index is 1.16. The monoisotopic (exact) mass is 540 g/mol. The van der Waals surface area contributed by atoms with Crippen molar-refractivity contribution in [1.29, 1.82) is 0 Å². The number of hydrogen-bond donors (Lipinski definition) is 2. The Hall–Kier alpha value is -4.57. The number of aromatic nitrogens is 2. The largest absolute Gasteiger partial charge is 0.367 e. The van der Waals surface area contributed by atoms with Crippen LogP contribution in [0.5, 0.6) is 0 Å². The van der Waals surface area contributed by atoms with E-state index in [0.29, 0.717) is 54.6 Å². The highest BCUT2D eigenvalue weighted by Crippen LogP contribution is 2.38. The van der Waals surface area contributed by atoms with E-state index in [2.05, 4.69) is 25.7 Å². The zero-order valence-electron chi connectivity index (χ0n) is 22.3. The molecule has 1 fully saturated rings. The minimum Gasteiger partial charge on any atom is -0.367 e. The molecule has 1 atom stereocenters. The molecule has 2 N–H and O–H groups in total. The molecule has 0 saturated carbocycles. The van der Waals surface area contributed by atoms with Gasteiger partial charge in [-0.25, -0.2) is 4.39 Å². The van der Waals surface area contributed by atoms with Gasteiger partial charge in [-0.3, -0.25) is 19.5 Å². The maximum atomic E-state index is 15.2. The van der Waals surface area contributed by atoms with Crippen molar-refractivity contribution in [2.45, 2.75) is 26.3 Å². The Morgan fingerprint density at radius 2 is 1.90 bits per heavy atom. The predicted octanol–water partition coefficient (Wildman–Crippen LogP) is 4.48. The number of fused-ring (bicyclic) bond motifs is 2. The first-order chi connectivity index (χ1) is 19.4. The lowest BCUT2D eigenvalue weighted by Crippen LogP contribution is -2.48. The summed E-state index contributed by atoms with van der Waals surface area (Å²) in [6, 6.07) is 14.1. The first kappa shape index (κ1) is 25.7. The van der Waals surface area contributed by atoms with Crippen molar-refractivity contribution in [3.63, 3.8) is 0 Å². The average Bonchev–Trinajstić information content (AvgIpc) is 3.20. The first-order valence-corrected chi connectivity index (χ1v) is 13.2. The number of carbonyl (C=O) groups excluding carboxylic acids is 2. The van der Waals surface area contributed by atoms with Crippen molar-refractivity contribution < 1.29 is 18.5 Å². The summed E-state index contributed by atoms with van der Waals surface area (Å²) in [7, 11) is 0. The number of nitrogens with one attached hydrogen (secondary N) is 2. The van der Waals surface area contributed by atoms with Crippen LogP contribution in [0.1, 0.15) is 44.5 Å². The lowest BCUT2D eigenvalue weighted by Gasteiger charge is -2.40. The van der Waals surface area contributed by atoms with E-state index in [4.69, 9.17) is 4.52 Å². The van der Waals surface area contributed by atoms with E-state index in [1.807, 2.05) is 41.4 Å². The number of amides is 2. The molecule has 9 nitrogen and oxygen atoms in total. The van der Waals surface area contributed by atoms with Crippen LogP contribution in [0.25, 0.3) is 0 Å². The van der Waals surface area contributed by atoms with Crippen molar-refractivity contribution in [3.8, 4) is 0 Å². The third-order valence-corrected chi connectivity index (χ3v) is 7.66. The Morgan fingerprint density at radius 3 is 2.65 bits per heavy atom. The summed E-state index contributed by atoms with van der Waals surface area (Å²) in [6.45, 7) is 6.08. The molecule has 40 heavy (non-hydrogen) atoms. The molecule has 0 aliphatic carbocycles. The van der Waals surface area contributed by atoms with Crippen LogP contribution in [-0.2, 0) is 11.2 Å². The standard InChI is InChI=1S/C30H29FN6O3/c1-18-23(19(2)40-35-18)16-28(38)33-20-7-8-27(25(31)15-20)36-11-13-37(14-12-36)29-21-5-3-4-6-22(21)30(39)34-26-9-10-32-17-24(26)29/h3-10,15,17,29H,11-14,16H2,1-2H3,(H,33,38)(H,34,39). The number of nitrogens with zero attached hydrogens (tertiary/aromatic N) is 4. The molecule has 4 aromatic rings. The molecule has 204 valence electrons. The van der Waals surface area contributed by atoms with E-state index in [-0.39, 0.29) is 24.3 Å². The maximum absolute atomic E-state index is 15.2. The normalized spacial score (nSPS) is 17.0. The number of benzene rings is 2. The maximum Gasteiger partial charge on any atom is 0.256 e. The lowest BCUT2D eigenvalue weighted by atomic mass is 9.94. The van der Waals surface area contributed by atoms with Crippen LogP contribution >= 0.6 is 0 Å². The summed E-state index contributed by atoms with van der Waals surface area (Å²) in [4.78, 5) is 34.1. The summed E-state index contributed by atoms with van der Waals surface area (Å²) >= 11 is 0. The van der Waals surface area contributed by atoms with Crippen molar-refractivity contribution in [2.24, 2.45) is 0 Å². The van der Waals surface area contributed by atoms with Crippen molar-refractivity contribution in [2.75, 3.05) is 41.7 Å². The molecule has 2 aromatic carbocycles. The zero-order chi connectivity index (χ0) is 27.8. The highest BCUT2D eigenvalue weighted by atomic mass is 19.1. The Kier molecular flexibility index (Phi) is 6.77. The second kappa shape index (κ2) is 10.5. The molecular formula is C30H29FN6O3. The summed E-state index contributed by atoms with van der Waals surface area (Å²) in [6.07, 6.45) is 3.60. The second-order valence-corrected chi connectivity index (χ2v) is 10.1. The van der Waals surface area contributed by atoms with Crippen molar-refractivity contribution >= 4 is 28.9 Å². The van der Waals surface area contributed by atoms with Gasteiger partial charge in [-0.15, -0.1) is 0 Å². The topological polar surface area (TPSA) is 104 Å². The van der Waals surface area contributed by atoms with Crippen molar-refractivity contribution in [3.05, 3.63) is 100 Å². The van der Waals surface area contributed by atoms with Crippen LogP contribution in [0.2, 0.25) is 0 Å². The molecule has 10 heteroatoms. The lowest BCUT2D eigenvalue weighted by molar-refractivity contribution is -0.115. The number of halogens is 1. The predicted molar refractivity (Wildman–Crippen MR) is 149 cm³/mol. The number of rotatable bonds is 5. The van der Waals surface area contributed by atoms with Crippen molar-refractivity contribution in [1.82, 2.24) is 15.0 Å². The van der Waals surface area contributed by atoms with Gasteiger partial charge in [-0.05, 0) is 49.7 Å². The Labute approximate surface area is 231 Å². The van der Waals surface area contributed by atoms with Gasteiger partial charge in [0.2, 0.25) is 5.91 Å². The van der Waals surface area contributed by atoms with Gasteiger partial charge in [0.15, 0.2) is 0 Å². The number of carbonyl (C=O) groups is 2. The van der Waals surface area contributed by atoms with Gasteiger partial charge in [0.1, 0.15) is 11.6 Å². The quantitative estimate of drug-likeness (QED) is 0.385. The van der Waals surface area contributed by atoms with Crippen LogP contribution in [0.3, 0.4) is 0 Å². The highest BCUT2D eigenvalue weighted by molar-refractivity contribution is 6.07. The number of hydrogen-bond acceptors (Lipinski definition) is 7. The van der Waals surface area contributed by atoms with Gasteiger partial charge in [0.05, 0.1) is 23.8 Å². The summed E-state index contributed by atoms with van der Waals surface area (Å²) in [5, 5.41) is 9.67. The summed E-state index contributed by atoms with van der Waals surface area (Å²) in [5.74, 6) is -0.192. The SMILES string of the molecule is Cc1noc(C)c1CC(=O)Nc1ccc(N2CCN(C3c4cnccc4NC(=O)c4ccccc43)CC2)c(F)c1. The van der Waals surface area contributed by atoms with Gasteiger partial charge < -0.3 is 20.1 Å². The Morgan fingerprint density at radius 1 is 1.10 bits per heavy atom. The van der Waals surface area contributed by atoms with E-state index in [1.165, 1.54) is 6.07 Å². The van der Waals surface area contributed by atoms with E-state index < -0.39 is 5.82 Å². The number of aryl methyl sites for hydroxylation is 2. The minimum absolute atomic E-state index is 0.108. The van der Waals surface area contributed by atoms with E-state index in [0.717, 1.165) is 22.4 Å². The van der Waals surface area contributed by atoms with E-state index in [9.17, 15) is 9.59 Å². The fourth-order valence-electron chi connectivity index (χ4n) is 5.61. The van der Waals surface area contributed by atoms with Gasteiger partial charge in [-0.2, -0.15) is 0 Å². The molecule has 2 aromatic heterocycles. The van der Waals surface area contributed by atoms with Gasteiger partial charge in [-0.1, -0.05) is 23.4 Å². The molecule has 1 saturated heterocycles. The average molecular weight is 541 g/mol. The molecular weight excluding hydrogens is 511 g/mol. The third-order valence-electron chi connectivity index (χ3n) is 7.66. The smallest absolute Gasteiger partial charge is 0.256 e. The number of piperazine rings is 1. The molecule has 2 aliphatic rings. The molecule has 4 heterocycles. The van der Waals surface area contributed by atoms with E-state index >= 15 is 4.39 Å². The van der Waals surface area contributed by atoms with Crippen LogP contribution < -0.4 is 15.5 Å². The summed E-state index contributed by atoms with van der Waals surface area (Å²) < 4.78 is 20.4. The second-order valence-electron chi connectivity index (χ2n) is 10.1. The van der Waals surface area contributed by atoms with Gasteiger partial charge in [0.25, 0.3) is 5.91 Å². The van der Waals surface area contributed by atoms with E-state index in [1.54, 1.807) is 32.2 Å². The van der Waals surface area contributed by atoms with Gasteiger partial charge in [0, 0.05) is 66.6 Å². The highest BCUT2D eigenvalue weighted by Gasteiger charge is 2.34. The molecule has 0 radical (unpaired) electrons. The number of pyridine rings is 1. The Bertz CT molecular complexity index is 1570. The number of anilines is 3. The molecule has 1 unspecified atom stereocenters. The summed E-state index contributed by atoms with van der Waals surface area (Å²) in [5.41, 5.74) is 5.56. The van der Waals surface area contributed by atoms with Crippen LogP contribution in [0, 0.1) is 19.7 Å². The minimum atomic E-state index is -0.396. The fourth-order valence-corrected chi connectivity index (χ4v) is 5.61. The molecule has 0 bridgehead atoms. The molecule has 0 spiro atoms. The third kappa shape index (κ3) is 4.82.